The van der Waals surface area contributed by atoms with Crippen molar-refractivity contribution in [3.05, 3.63) is 87.0 Å². The fourth-order valence-corrected chi connectivity index (χ4v) is 3.49. The second kappa shape index (κ2) is 9.28. The molecule has 1 amide bonds. The van der Waals surface area contributed by atoms with E-state index in [1.807, 2.05) is 25.1 Å². The Morgan fingerprint density at radius 1 is 1.03 bits per heavy atom. The molecule has 1 N–H and O–H groups in total. The number of benzene rings is 3. The Labute approximate surface area is 192 Å². The molecule has 0 bridgehead atoms. The summed E-state index contributed by atoms with van der Waals surface area (Å²) in [5.74, 6) is 0.519. The molecule has 0 aliphatic rings. The van der Waals surface area contributed by atoms with E-state index in [0.717, 1.165) is 10.0 Å². The molecule has 0 saturated carbocycles. The normalized spacial score (nSPS) is 10.7. The molecule has 0 radical (unpaired) electrons. The molecular formula is C25H20BrNO5. The molecule has 3 aromatic carbocycles. The van der Waals surface area contributed by atoms with Crippen molar-refractivity contribution < 1.29 is 18.7 Å². The number of halogens is 1. The topological polar surface area (TPSA) is 77.8 Å². The number of carbonyl (C=O) groups is 1. The Hall–Kier alpha value is -3.58. The van der Waals surface area contributed by atoms with Gasteiger partial charge in [-0.05, 0) is 67.6 Å². The van der Waals surface area contributed by atoms with Crippen LogP contribution in [0.2, 0.25) is 0 Å². The summed E-state index contributed by atoms with van der Waals surface area (Å²) in [6.45, 7) is 1.55. The number of anilines is 1. The third-order valence-electron chi connectivity index (χ3n) is 4.83. The Morgan fingerprint density at radius 2 is 1.75 bits per heavy atom. The molecule has 0 aliphatic carbocycles. The van der Waals surface area contributed by atoms with Gasteiger partial charge in [-0.25, -0.2) is 0 Å². The summed E-state index contributed by atoms with van der Waals surface area (Å²) in [4.78, 5) is 25.7. The third kappa shape index (κ3) is 4.68. The van der Waals surface area contributed by atoms with Crippen molar-refractivity contribution in [3.63, 3.8) is 0 Å². The van der Waals surface area contributed by atoms with Crippen molar-refractivity contribution in [2.45, 2.75) is 6.92 Å². The van der Waals surface area contributed by atoms with Crippen molar-refractivity contribution in [1.82, 2.24) is 0 Å². The van der Waals surface area contributed by atoms with Crippen LogP contribution in [-0.2, 0) is 4.79 Å². The standard InChI is InChI=1S/C25H20BrNO5/c1-15-3-12-21-20(13-15)23(29)25(24(32-21)16-4-10-19(30-2)11-5-16)31-14-22(28)27-18-8-6-17(26)7-9-18/h3-13H,14H2,1-2H3,(H,27,28). The average Bonchev–Trinajstić information content (AvgIpc) is 2.80. The van der Waals surface area contributed by atoms with Gasteiger partial charge in [0.25, 0.3) is 5.91 Å². The van der Waals surface area contributed by atoms with Crippen molar-refractivity contribution >= 4 is 38.5 Å². The fraction of sp³-hybridized carbons (Fsp3) is 0.120. The van der Waals surface area contributed by atoms with Gasteiger partial charge in [0.1, 0.15) is 11.3 Å². The number of amides is 1. The van der Waals surface area contributed by atoms with Crippen LogP contribution in [0.3, 0.4) is 0 Å². The Balaban J connectivity index is 1.68. The lowest BCUT2D eigenvalue weighted by molar-refractivity contribution is -0.118. The number of hydrogen-bond donors (Lipinski definition) is 1. The number of ether oxygens (including phenoxy) is 2. The molecule has 0 aliphatic heterocycles. The van der Waals surface area contributed by atoms with Gasteiger partial charge in [-0.2, -0.15) is 0 Å². The average molecular weight is 494 g/mol. The monoisotopic (exact) mass is 493 g/mol. The van der Waals surface area contributed by atoms with Gasteiger partial charge in [-0.3, -0.25) is 9.59 Å². The predicted molar refractivity (Wildman–Crippen MR) is 127 cm³/mol. The van der Waals surface area contributed by atoms with Gasteiger partial charge in [0.15, 0.2) is 12.4 Å². The van der Waals surface area contributed by atoms with E-state index in [0.29, 0.717) is 28.0 Å². The first-order valence-corrected chi connectivity index (χ1v) is 10.6. The van der Waals surface area contributed by atoms with Gasteiger partial charge < -0.3 is 19.2 Å². The van der Waals surface area contributed by atoms with Crippen LogP contribution in [0, 0.1) is 6.92 Å². The van der Waals surface area contributed by atoms with Gasteiger partial charge in [0, 0.05) is 15.7 Å². The number of rotatable bonds is 6. The summed E-state index contributed by atoms with van der Waals surface area (Å²) in [6, 6.07) is 19.6. The molecule has 4 aromatic rings. The molecule has 7 heteroatoms. The second-order valence-corrected chi connectivity index (χ2v) is 8.08. The minimum Gasteiger partial charge on any atom is -0.497 e. The minimum absolute atomic E-state index is 0.0146. The second-order valence-electron chi connectivity index (χ2n) is 7.16. The lowest BCUT2D eigenvalue weighted by Crippen LogP contribution is -2.22. The molecule has 1 heterocycles. The van der Waals surface area contributed by atoms with Crippen LogP contribution in [-0.4, -0.2) is 19.6 Å². The molecular weight excluding hydrogens is 474 g/mol. The molecule has 0 atom stereocenters. The van der Waals surface area contributed by atoms with Crippen LogP contribution >= 0.6 is 15.9 Å². The zero-order chi connectivity index (χ0) is 22.7. The van der Waals surface area contributed by atoms with Crippen LogP contribution in [0.25, 0.3) is 22.3 Å². The van der Waals surface area contributed by atoms with E-state index in [2.05, 4.69) is 21.2 Å². The van der Waals surface area contributed by atoms with Gasteiger partial charge in [-0.15, -0.1) is 0 Å². The van der Waals surface area contributed by atoms with Gasteiger partial charge in [0.05, 0.1) is 12.5 Å². The number of nitrogens with one attached hydrogen (secondary N) is 1. The summed E-state index contributed by atoms with van der Waals surface area (Å²) < 4.78 is 17.9. The zero-order valence-electron chi connectivity index (χ0n) is 17.5. The number of hydrogen-bond acceptors (Lipinski definition) is 5. The Kier molecular flexibility index (Phi) is 6.28. The Bertz CT molecular complexity index is 1330. The van der Waals surface area contributed by atoms with Crippen LogP contribution in [0.4, 0.5) is 5.69 Å². The van der Waals surface area contributed by atoms with Crippen molar-refractivity contribution in [3.8, 4) is 22.8 Å². The maximum absolute atomic E-state index is 13.3. The first-order valence-electron chi connectivity index (χ1n) is 9.84. The van der Waals surface area contributed by atoms with E-state index < -0.39 is 5.91 Å². The van der Waals surface area contributed by atoms with Crippen molar-refractivity contribution in [2.75, 3.05) is 19.0 Å². The third-order valence-corrected chi connectivity index (χ3v) is 5.36. The quantitative estimate of drug-likeness (QED) is 0.380. The van der Waals surface area contributed by atoms with E-state index in [9.17, 15) is 9.59 Å². The molecule has 4 rings (SSSR count). The van der Waals surface area contributed by atoms with Crippen molar-refractivity contribution in [2.24, 2.45) is 0 Å². The van der Waals surface area contributed by atoms with Gasteiger partial charge in [0.2, 0.25) is 11.2 Å². The first-order chi connectivity index (χ1) is 15.4. The SMILES string of the molecule is COc1ccc(-c2oc3ccc(C)cc3c(=O)c2OCC(=O)Nc2ccc(Br)cc2)cc1. The van der Waals surface area contributed by atoms with Gasteiger partial charge >= 0.3 is 0 Å². The molecule has 0 fully saturated rings. The number of fused-ring (bicyclic) bond motifs is 1. The lowest BCUT2D eigenvalue weighted by Gasteiger charge is -2.12. The van der Waals surface area contributed by atoms with Crippen LogP contribution in [0.5, 0.6) is 11.5 Å². The molecule has 0 spiro atoms. The highest BCUT2D eigenvalue weighted by molar-refractivity contribution is 9.10. The lowest BCUT2D eigenvalue weighted by atomic mass is 10.1. The Morgan fingerprint density at radius 3 is 2.44 bits per heavy atom. The highest BCUT2D eigenvalue weighted by atomic mass is 79.9. The summed E-state index contributed by atoms with van der Waals surface area (Å²) in [5, 5.41) is 3.14. The van der Waals surface area contributed by atoms with E-state index in [1.54, 1.807) is 55.6 Å². The number of aryl methyl sites for hydroxylation is 1. The van der Waals surface area contributed by atoms with E-state index in [-0.39, 0.29) is 23.5 Å². The summed E-state index contributed by atoms with van der Waals surface area (Å²) in [7, 11) is 1.58. The summed E-state index contributed by atoms with van der Waals surface area (Å²) in [5.41, 5.74) is 2.28. The summed E-state index contributed by atoms with van der Waals surface area (Å²) >= 11 is 3.35. The van der Waals surface area contributed by atoms with E-state index in [4.69, 9.17) is 13.9 Å². The maximum Gasteiger partial charge on any atom is 0.262 e. The van der Waals surface area contributed by atoms with Crippen molar-refractivity contribution in [1.29, 1.82) is 0 Å². The zero-order valence-corrected chi connectivity index (χ0v) is 19.1. The van der Waals surface area contributed by atoms with Crippen LogP contribution in [0.1, 0.15) is 5.56 Å². The van der Waals surface area contributed by atoms with Crippen LogP contribution in [0.15, 0.2) is 80.4 Å². The molecule has 32 heavy (non-hydrogen) atoms. The number of methoxy groups -OCH3 is 1. The molecule has 6 nitrogen and oxygen atoms in total. The predicted octanol–water partition coefficient (Wildman–Crippen LogP) is 5.56. The first kappa shape index (κ1) is 21.6. The van der Waals surface area contributed by atoms with E-state index in [1.165, 1.54) is 0 Å². The highest BCUT2D eigenvalue weighted by Crippen LogP contribution is 2.32. The maximum atomic E-state index is 13.3. The smallest absolute Gasteiger partial charge is 0.262 e. The van der Waals surface area contributed by atoms with E-state index >= 15 is 0 Å². The highest BCUT2D eigenvalue weighted by Gasteiger charge is 2.19. The molecule has 1 aromatic heterocycles. The fourth-order valence-electron chi connectivity index (χ4n) is 3.22. The van der Waals surface area contributed by atoms with Crippen LogP contribution < -0.4 is 20.2 Å². The minimum atomic E-state index is -0.392. The molecule has 0 saturated heterocycles. The van der Waals surface area contributed by atoms with Gasteiger partial charge in [-0.1, -0.05) is 27.6 Å². The largest absolute Gasteiger partial charge is 0.497 e. The number of carbonyl (C=O) groups excluding carboxylic acids is 1. The molecule has 162 valence electrons. The molecule has 0 unspecified atom stereocenters. The summed E-state index contributed by atoms with van der Waals surface area (Å²) in [6.07, 6.45) is 0.